The number of urea groups is 1. The van der Waals surface area contributed by atoms with Gasteiger partial charge in [-0.1, -0.05) is 48.5 Å². The molecule has 8 nitrogen and oxygen atoms in total. The third-order valence-electron chi connectivity index (χ3n) is 5.19. The molecule has 168 valence electrons. The number of hydrogen-bond donors (Lipinski definition) is 3. The first-order valence-electron chi connectivity index (χ1n) is 9.81. The van der Waals surface area contributed by atoms with Crippen molar-refractivity contribution in [2.24, 2.45) is 0 Å². The number of hydrogen-bond acceptors (Lipinski definition) is 4. The number of nitrogens with zero attached hydrogens (tertiary/aromatic N) is 1. The average molecular weight is 463 g/mol. The van der Waals surface area contributed by atoms with E-state index in [1.807, 2.05) is 0 Å². The summed E-state index contributed by atoms with van der Waals surface area (Å²) in [5.74, 6) is -3.17. The number of benzene rings is 2. The summed E-state index contributed by atoms with van der Waals surface area (Å²) in [7, 11) is 1.46. The molecule has 1 aliphatic rings. The van der Waals surface area contributed by atoms with E-state index < -0.39 is 48.0 Å². The number of allylic oxidation sites excluding steroid dienone is 1. The molecule has 0 aliphatic carbocycles. The Hall–Kier alpha value is -3.01. The second-order valence-corrected chi connectivity index (χ2v) is 7.36. The van der Waals surface area contributed by atoms with Gasteiger partial charge >= 0.3 is 41.6 Å². The van der Waals surface area contributed by atoms with Crippen molar-refractivity contribution in [2.45, 2.75) is 25.4 Å². The Morgan fingerprint density at radius 1 is 1.12 bits per heavy atom. The van der Waals surface area contributed by atoms with Gasteiger partial charge in [-0.05, 0) is 12.5 Å². The van der Waals surface area contributed by atoms with Gasteiger partial charge < -0.3 is 20.6 Å². The van der Waals surface area contributed by atoms with Gasteiger partial charge in [0.2, 0.25) is 0 Å². The second kappa shape index (κ2) is 11.2. The molecule has 0 saturated heterocycles. The predicted molar refractivity (Wildman–Crippen MR) is 121 cm³/mol. The molecule has 1 heterocycles. The van der Waals surface area contributed by atoms with Crippen LogP contribution in [0.1, 0.15) is 24.9 Å². The van der Waals surface area contributed by atoms with Crippen molar-refractivity contribution in [1.29, 1.82) is 0 Å². The molecule has 2 atom stereocenters. The summed E-state index contributed by atoms with van der Waals surface area (Å²) in [5, 5.41) is 13.9. The van der Waals surface area contributed by atoms with Crippen molar-refractivity contribution >= 4 is 53.2 Å². The van der Waals surface area contributed by atoms with E-state index >= 15 is 4.39 Å². The van der Waals surface area contributed by atoms with Crippen LogP contribution in [0.15, 0.2) is 60.3 Å². The molecule has 0 fully saturated rings. The number of nitrogens with one attached hydrogen (secondary N) is 2. The number of carboxylic acids is 1. The van der Waals surface area contributed by atoms with Gasteiger partial charge in [-0.2, -0.15) is 0 Å². The van der Waals surface area contributed by atoms with E-state index in [9.17, 15) is 24.3 Å². The van der Waals surface area contributed by atoms with Crippen LogP contribution in [0.4, 0.5) is 9.18 Å². The number of carbonyl (C=O) groups excluding carboxylic acids is 3. The van der Waals surface area contributed by atoms with Crippen molar-refractivity contribution in [3.63, 3.8) is 0 Å². The first kappa shape index (κ1) is 26.2. The van der Waals surface area contributed by atoms with E-state index in [1.54, 1.807) is 49.4 Å². The number of rotatable bonds is 6. The number of amides is 3. The summed E-state index contributed by atoms with van der Waals surface area (Å²) >= 11 is 0. The molecule has 33 heavy (non-hydrogen) atoms. The van der Waals surface area contributed by atoms with Crippen LogP contribution in [0.5, 0.6) is 0 Å². The van der Waals surface area contributed by atoms with E-state index in [1.165, 1.54) is 24.1 Å². The van der Waals surface area contributed by atoms with Gasteiger partial charge in [-0.15, -0.1) is 0 Å². The summed E-state index contributed by atoms with van der Waals surface area (Å²) in [5.41, 5.74) is 1.25. The van der Waals surface area contributed by atoms with E-state index in [4.69, 9.17) is 0 Å². The maximum absolute atomic E-state index is 15.3. The molecule has 0 bridgehead atoms. The molecule has 3 N–H and O–H groups in total. The first-order chi connectivity index (χ1) is 15.2. The van der Waals surface area contributed by atoms with Gasteiger partial charge in [0.15, 0.2) is 11.8 Å². The number of halogens is 1. The maximum atomic E-state index is 15.3. The average Bonchev–Trinajstić information content (AvgIpc) is 2.75. The molecule has 10 heteroatoms. The van der Waals surface area contributed by atoms with Crippen LogP contribution < -0.4 is 10.6 Å². The zero-order chi connectivity index (χ0) is 23.4. The molecule has 2 unspecified atom stereocenters. The number of aliphatic carboxylic acids is 1. The van der Waals surface area contributed by atoms with E-state index in [0.717, 1.165) is 0 Å². The molecule has 3 amide bonds. The molecule has 0 radical (unpaired) electrons. The Balaban J connectivity index is 0.00000385. The fraction of sp³-hybridized carbons (Fsp3) is 0.217. The van der Waals surface area contributed by atoms with Crippen molar-refractivity contribution in [1.82, 2.24) is 15.5 Å². The van der Waals surface area contributed by atoms with E-state index in [0.29, 0.717) is 11.3 Å². The second-order valence-electron chi connectivity index (χ2n) is 7.36. The Morgan fingerprint density at radius 2 is 1.79 bits per heavy atom. The van der Waals surface area contributed by atoms with Crippen LogP contribution in [0.3, 0.4) is 0 Å². The van der Waals surface area contributed by atoms with Gasteiger partial charge in [0.05, 0.1) is 12.5 Å². The fourth-order valence-corrected chi connectivity index (χ4v) is 3.41. The van der Waals surface area contributed by atoms with Crippen LogP contribution in [-0.4, -0.2) is 76.3 Å². The Labute approximate surface area is 212 Å². The normalized spacial score (nSPS) is 16.4. The van der Waals surface area contributed by atoms with Crippen molar-refractivity contribution in [3.05, 3.63) is 71.7 Å². The summed E-state index contributed by atoms with van der Waals surface area (Å²) in [6.45, 7) is 1.58. The quantitative estimate of drug-likeness (QED) is 0.448. The minimum absolute atomic E-state index is 0. The van der Waals surface area contributed by atoms with E-state index in [-0.39, 0.29) is 40.7 Å². The van der Waals surface area contributed by atoms with E-state index in [2.05, 4.69) is 10.6 Å². The van der Waals surface area contributed by atoms with Gasteiger partial charge in [-0.3, -0.25) is 14.4 Å². The Bertz CT molecular complexity index is 1110. The topological polar surface area (TPSA) is 116 Å². The fourth-order valence-electron chi connectivity index (χ4n) is 3.41. The molecule has 0 saturated carbocycles. The zero-order valence-corrected chi connectivity index (χ0v) is 17.5. The number of carboxylic acid groups (broad SMARTS) is 1. The Kier molecular flexibility index (Phi) is 8.92. The predicted octanol–water partition coefficient (Wildman–Crippen LogP) is 1.97. The molecule has 3 rings (SSSR count). The molecular weight excluding hydrogens is 440 g/mol. The summed E-state index contributed by atoms with van der Waals surface area (Å²) < 4.78 is 15.3. The van der Waals surface area contributed by atoms with Crippen LogP contribution in [0, 0.1) is 5.82 Å². The summed E-state index contributed by atoms with van der Waals surface area (Å²) in [6, 6.07) is 9.53. The van der Waals surface area contributed by atoms with Crippen LogP contribution >= 0.6 is 0 Å². The molecule has 0 spiro atoms. The SMILES string of the molecule is CC1=CC(=O)C(NC(=O)NC(CC(=O)O)c2cccc(-c3ccccc3)c2F)C(=O)N1C.[NaH]. The van der Waals surface area contributed by atoms with Crippen molar-refractivity contribution < 1.29 is 28.7 Å². The van der Waals surface area contributed by atoms with Gasteiger partial charge in [0.1, 0.15) is 5.82 Å². The molecular formula is C23H23FN3NaO5. The van der Waals surface area contributed by atoms with Crippen LogP contribution in [0.25, 0.3) is 11.1 Å². The first-order valence-corrected chi connectivity index (χ1v) is 9.81. The van der Waals surface area contributed by atoms with Gasteiger partial charge in [-0.25, -0.2) is 9.18 Å². The number of likely N-dealkylation sites (N-methyl/N-ethyl adjacent to an activating group) is 1. The van der Waals surface area contributed by atoms with Crippen LogP contribution in [-0.2, 0) is 14.4 Å². The zero-order valence-electron chi connectivity index (χ0n) is 17.5. The number of ketones is 1. The van der Waals surface area contributed by atoms with Crippen molar-refractivity contribution in [3.8, 4) is 11.1 Å². The van der Waals surface area contributed by atoms with Gasteiger partial charge in [0, 0.05) is 29.9 Å². The van der Waals surface area contributed by atoms with Crippen molar-refractivity contribution in [2.75, 3.05) is 7.05 Å². The minimum atomic E-state index is -1.45. The van der Waals surface area contributed by atoms with Crippen LogP contribution in [0.2, 0.25) is 0 Å². The Morgan fingerprint density at radius 3 is 2.42 bits per heavy atom. The van der Waals surface area contributed by atoms with Gasteiger partial charge in [0.25, 0.3) is 5.91 Å². The third-order valence-corrected chi connectivity index (χ3v) is 5.19. The summed E-state index contributed by atoms with van der Waals surface area (Å²) in [6.07, 6.45) is 0.623. The molecule has 2 aromatic rings. The third kappa shape index (κ3) is 6.07. The molecule has 1 aliphatic heterocycles. The summed E-state index contributed by atoms with van der Waals surface area (Å²) in [4.78, 5) is 49.7. The number of carbonyl (C=O) groups is 4. The molecule has 2 aromatic carbocycles. The standard InChI is InChI=1S/C23H22FN3O5.Na.H/c1-13-11-18(28)21(22(31)27(13)2)26-23(32)25-17(12-19(29)30)16-10-6-9-15(20(16)24)14-7-4-3-5-8-14;;/h3-11,17,21H,12H2,1-2H3,(H,29,30)(H2,25,26,32);;. The monoisotopic (exact) mass is 463 g/mol. The molecule has 0 aromatic heterocycles.